The van der Waals surface area contributed by atoms with Gasteiger partial charge in [-0.05, 0) is 57.2 Å². The van der Waals surface area contributed by atoms with Gasteiger partial charge in [-0.15, -0.1) is 0 Å². The topological polar surface area (TPSA) is 21.3 Å². The van der Waals surface area contributed by atoms with Crippen LogP contribution >= 0.6 is 0 Å². The molecule has 1 saturated carbocycles. The third-order valence-corrected chi connectivity index (χ3v) is 3.57. The first-order valence-electron chi connectivity index (χ1n) is 7.21. The van der Waals surface area contributed by atoms with Crippen LogP contribution in [-0.2, 0) is 6.54 Å². The van der Waals surface area contributed by atoms with Gasteiger partial charge in [0, 0.05) is 12.1 Å². The highest BCUT2D eigenvalue weighted by molar-refractivity contribution is 5.31. The SMILES string of the molecule is CC(C)(C)NCc1cc(F)c(OCC2CCC2)c(F)c1. The van der Waals surface area contributed by atoms with Crippen LogP contribution in [0.15, 0.2) is 12.1 Å². The molecule has 1 N–H and O–H groups in total. The smallest absolute Gasteiger partial charge is 0.190 e. The number of benzene rings is 1. The van der Waals surface area contributed by atoms with Gasteiger partial charge in [-0.25, -0.2) is 8.78 Å². The number of rotatable bonds is 5. The van der Waals surface area contributed by atoms with Crippen LogP contribution in [0.25, 0.3) is 0 Å². The van der Waals surface area contributed by atoms with Crippen molar-refractivity contribution in [1.82, 2.24) is 5.32 Å². The fraction of sp³-hybridized carbons (Fsp3) is 0.625. The zero-order valence-electron chi connectivity index (χ0n) is 12.4. The van der Waals surface area contributed by atoms with E-state index >= 15 is 0 Å². The summed E-state index contributed by atoms with van der Waals surface area (Å²) in [6, 6.07) is 2.69. The van der Waals surface area contributed by atoms with Crippen LogP contribution in [0.1, 0.15) is 45.6 Å². The Kier molecular flexibility index (Phi) is 4.63. The van der Waals surface area contributed by atoms with E-state index in [1.807, 2.05) is 20.8 Å². The molecule has 0 atom stereocenters. The van der Waals surface area contributed by atoms with Crippen molar-refractivity contribution in [3.8, 4) is 5.75 Å². The van der Waals surface area contributed by atoms with Crippen molar-refractivity contribution in [1.29, 1.82) is 0 Å². The second-order valence-corrected chi connectivity index (χ2v) is 6.60. The summed E-state index contributed by atoms with van der Waals surface area (Å²) in [5, 5.41) is 3.21. The molecular weight excluding hydrogens is 260 g/mol. The Labute approximate surface area is 119 Å². The van der Waals surface area contributed by atoms with Gasteiger partial charge < -0.3 is 10.1 Å². The molecule has 0 amide bonds. The highest BCUT2D eigenvalue weighted by Gasteiger charge is 2.20. The monoisotopic (exact) mass is 283 g/mol. The highest BCUT2D eigenvalue weighted by atomic mass is 19.1. The minimum absolute atomic E-state index is 0.0909. The largest absolute Gasteiger partial charge is 0.487 e. The third kappa shape index (κ3) is 4.17. The van der Waals surface area contributed by atoms with Gasteiger partial charge in [-0.1, -0.05) is 6.42 Å². The highest BCUT2D eigenvalue weighted by Crippen LogP contribution is 2.29. The second kappa shape index (κ2) is 6.08. The fourth-order valence-electron chi connectivity index (χ4n) is 2.08. The van der Waals surface area contributed by atoms with E-state index in [1.165, 1.54) is 18.6 Å². The maximum absolute atomic E-state index is 13.9. The van der Waals surface area contributed by atoms with Gasteiger partial charge in [0.2, 0.25) is 0 Å². The number of nitrogens with one attached hydrogen (secondary N) is 1. The fourth-order valence-corrected chi connectivity index (χ4v) is 2.08. The molecule has 1 fully saturated rings. The molecule has 2 nitrogen and oxygen atoms in total. The van der Waals surface area contributed by atoms with E-state index < -0.39 is 11.6 Å². The van der Waals surface area contributed by atoms with E-state index in [0.717, 1.165) is 12.8 Å². The second-order valence-electron chi connectivity index (χ2n) is 6.60. The predicted octanol–water partition coefficient (Wildman–Crippen LogP) is 4.03. The van der Waals surface area contributed by atoms with Crippen LogP contribution in [0.2, 0.25) is 0 Å². The van der Waals surface area contributed by atoms with Gasteiger partial charge in [0.25, 0.3) is 0 Å². The summed E-state index contributed by atoms with van der Waals surface area (Å²) < 4.78 is 33.1. The van der Waals surface area contributed by atoms with Gasteiger partial charge in [-0.3, -0.25) is 0 Å². The Bertz CT molecular complexity index is 441. The first-order chi connectivity index (χ1) is 9.35. The summed E-state index contributed by atoms with van der Waals surface area (Å²) in [7, 11) is 0. The van der Waals surface area contributed by atoms with Crippen LogP contribution in [0.5, 0.6) is 5.75 Å². The van der Waals surface area contributed by atoms with Crippen molar-refractivity contribution in [3.05, 3.63) is 29.3 Å². The van der Waals surface area contributed by atoms with E-state index in [9.17, 15) is 8.78 Å². The van der Waals surface area contributed by atoms with Crippen molar-refractivity contribution in [2.75, 3.05) is 6.61 Å². The standard InChI is InChI=1S/C16H23F2NO/c1-16(2,3)19-9-12-7-13(17)15(14(18)8-12)20-10-11-5-4-6-11/h7-8,11,19H,4-6,9-10H2,1-3H3. The number of hydrogen-bond acceptors (Lipinski definition) is 2. The molecule has 1 aliphatic rings. The Balaban J connectivity index is 1.99. The third-order valence-electron chi connectivity index (χ3n) is 3.57. The molecule has 0 bridgehead atoms. The lowest BCUT2D eigenvalue weighted by molar-refractivity contribution is 0.170. The maximum Gasteiger partial charge on any atom is 0.190 e. The van der Waals surface area contributed by atoms with Gasteiger partial charge in [0.15, 0.2) is 17.4 Å². The van der Waals surface area contributed by atoms with E-state index in [-0.39, 0.29) is 11.3 Å². The van der Waals surface area contributed by atoms with E-state index in [0.29, 0.717) is 24.6 Å². The van der Waals surface area contributed by atoms with E-state index in [4.69, 9.17) is 4.74 Å². The molecule has 0 radical (unpaired) electrons. The molecule has 0 saturated heterocycles. The summed E-state index contributed by atoms with van der Waals surface area (Å²) in [5.74, 6) is -1.02. The predicted molar refractivity (Wildman–Crippen MR) is 75.8 cm³/mol. The van der Waals surface area contributed by atoms with Crippen LogP contribution < -0.4 is 10.1 Å². The summed E-state index contributed by atoms with van der Waals surface area (Å²) in [6.07, 6.45) is 3.38. The molecule has 1 aromatic rings. The zero-order valence-corrected chi connectivity index (χ0v) is 12.4. The molecule has 0 spiro atoms. The van der Waals surface area contributed by atoms with Gasteiger partial charge in [0.05, 0.1) is 6.61 Å². The average molecular weight is 283 g/mol. The summed E-state index contributed by atoms with van der Waals surface area (Å²) in [5.41, 5.74) is 0.498. The number of halogens is 2. The lowest BCUT2D eigenvalue weighted by atomic mass is 9.86. The van der Waals surface area contributed by atoms with Crippen LogP contribution in [0.4, 0.5) is 8.78 Å². The van der Waals surface area contributed by atoms with Crippen molar-refractivity contribution in [3.63, 3.8) is 0 Å². The number of ether oxygens (including phenoxy) is 1. The van der Waals surface area contributed by atoms with E-state index in [1.54, 1.807) is 0 Å². The Hall–Kier alpha value is -1.16. The first-order valence-corrected chi connectivity index (χ1v) is 7.21. The molecular formula is C16H23F2NO. The van der Waals surface area contributed by atoms with E-state index in [2.05, 4.69) is 5.32 Å². The lowest BCUT2D eigenvalue weighted by Gasteiger charge is -2.25. The first kappa shape index (κ1) is 15.2. The van der Waals surface area contributed by atoms with Gasteiger partial charge >= 0.3 is 0 Å². The normalized spacial score (nSPS) is 16.1. The minimum atomic E-state index is -0.616. The van der Waals surface area contributed by atoms with Gasteiger partial charge in [-0.2, -0.15) is 0 Å². The van der Waals surface area contributed by atoms with Crippen LogP contribution in [0, 0.1) is 17.6 Å². The number of hydrogen-bond donors (Lipinski definition) is 1. The molecule has 0 heterocycles. The minimum Gasteiger partial charge on any atom is -0.487 e. The van der Waals surface area contributed by atoms with Crippen LogP contribution in [-0.4, -0.2) is 12.1 Å². The summed E-state index contributed by atoms with van der Waals surface area (Å²) >= 11 is 0. The molecule has 0 aromatic heterocycles. The molecule has 0 unspecified atom stereocenters. The Morgan fingerprint density at radius 1 is 1.20 bits per heavy atom. The molecule has 1 aliphatic carbocycles. The van der Waals surface area contributed by atoms with Crippen molar-refractivity contribution >= 4 is 0 Å². The lowest BCUT2D eigenvalue weighted by Crippen LogP contribution is -2.35. The molecule has 2 rings (SSSR count). The van der Waals surface area contributed by atoms with Crippen molar-refractivity contribution < 1.29 is 13.5 Å². The molecule has 20 heavy (non-hydrogen) atoms. The molecule has 0 aliphatic heterocycles. The van der Waals surface area contributed by atoms with Crippen molar-refractivity contribution in [2.24, 2.45) is 5.92 Å². The quantitative estimate of drug-likeness (QED) is 0.881. The summed E-state index contributed by atoms with van der Waals surface area (Å²) in [4.78, 5) is 0. The Morgan fingerprint density at radius 3 is 2.25 bits per heavy atom. The summed E-state index contributed by atoms with van der Waals surface area (Å²) in [6.45, 7) is 6.87. The molecule has 112 valence electrons. The Morgan fingerprint density at radius 2 is 1.80 bits per heavy atom. The molecule has 4 heteroatoms. The van der Waals surface area contributed by atoms with Gasteiger partial charge in [0.1, 0.15) is 0 Å². The average Bonchev–Trinajstić information content (AvgIpc) is 2.26. The maximum atomic E-state index is 13.9. The van der Waals surface area contributed by atoms with Crippen molar-refractivity contribution in [2.45, 2.75) is 52.1 Å². The molecule has 1 aromatic carbocycles. The van der Waals surface area contributed by atoms with Crippen LogP contribution in [0.3, 0.4) is 0 Å². The zero-order chi connectivity index (χ0) is 14.8.